The maximum absolute atomic E-state index is 11.4. The van der Waals surface area contributed by atoms with Crippen LogP contribution >= 0.6 is 11.3 Å². The van der Waals surface area contributed by atoms with Crippen molar-refractivity contribution in [3.05, 3.63) is 16.1 Å². The highest BCUT2D eigenvalue weighted by atomic mass is 32.1. The van der Waals surface area contributed by atoms with Gasteiger partial charge in [-0.3, -0.25) is 4.79 Å². The lowest BCUT2D eigenvalue weighted by Crippen LogP contribution is -2.53. The molecule has 18 heavy (non-hydrogen) atoms. The molecule has 1 saturated carbocycles. The van der Waals surface area contributed by atoms with Crippen molar-refractivity contribution >= 4 is 17.3 Å². The Hall–Kier alpha value is -0.940. The van der Waals surface area contributed by atoms with Gasteiger partial charge in [-0.1, -0.05) is 19.3 Å². The summed E-state index contributed by atoms with van der Waals surface area (Å²) in [5, 5.41) is 12.1. The van der Waals surface area contributed by atoms with E-state index >= 15 is 0 Å². The number of hydrogen-bond donors (Lipinski definition) is 1. The van der Waals surface area contributed by atoms with Crippen molar-refractivity contribution in [2.24, 2.45) is 0 Å². The molecule has 1 aliphatic heterocycles. The van der Waals surface area contributed by atoms with Gasteiger partial charge < -0.3 is 9.84 Å². The third-order valence-corrected chi connectivity index (χ3v) is 5.13. The third kappa shape index (κ3) is 1.86. The first-order chi connectivity index (χ1) is 8.72. The number of nitrogens with zero attached hydrogens (tertiary/aromatic N) is 1. The minimum atomic E-state index is -0.864. The van der Waals surface area contributed by atoms with Gasteiger partial charge >= 0.3 is 5.97 Å². The van der Waals surface area contributed by atoms with Crippen LogP contribution in [0.1, 0.15) is 48.7 Å². The van der Waals surface area contributed by atoms with Gasteiger partial charge in [-0.15, -0.1) is 11.3 Å². The lowest BCUT2D eigenvalue weighted by molar-refractivity contribution is -0.163. The van der Waals surface area contributed by atoms with Crippen molar-refractivity contribution < 1.29 is 14.6 Å². The monoisotopic (exact) mass is 267 g/mol. The summed E-state index contributed by atoms with van der Waals surface area (Å²) in [7, 11) is 0. The Morgan fingerprint density at radius 3 is 2.67 bits per heavy atom. The summed E-state index contributed by atoms with van der Waals surface area (Å²) in [6.07, 6.45) is 6.25. The van der Waals surface area contributed by atoms with Crippen LogP contribution in [0.5, 0.6) is 0 Å². The Balaban J connectivity index is 1.82. The van der Waals surface area contributed by atoms with E-state index in [0.717, 1.165) is 10.7 Å². The van der Waals surface area contributed by atoms with Crippen LogP contribution in [0.25, 0.3) is 0 Å². The van der Waals surface area contributed by atoms with Gasteiger partial charge in [0.05, 0.1) is 18.9 Å². The summed E-state index contributed by atoms with van der Waals surface area (Å²) < 4.78 is 5.09. The Morgan fingerprint density at radius 2 is 2.11 bits per heavy atom. The molecule has 3 rings (SSSR count). The maximum atomic E-state index is 11.4. The number of carboxylic acid groups (broad SMARTS) is 1. The predicted molar refractivity (Wildman–Crippen MR) is 68.1 cm³/mol. The van der Waals surface area contributed by atoms with Crippen molar-refractivity contribution in [3.63, 3.8) is 0 Å². The number of carbonyl (C=O) groups is 1. The molecule has 2 fully saturated rings. The Kier molecular flexibility index (Phi) is 3.11. The summed E-state index contributed by atoms with van der Waals surface area (Å²) in [5.41, 5.74) is 0.236. The van der Waals surface area contributed by atoms with Gasteiger partial charge in [-0.25, -0.2) is 4.98 Å². The molecule has 0 atom stereocenters. The average Bonchev–Trinajstić information content (AvgIpc) is 2.78. The van der Waals surface area contributed by atoms with Gasteiger partial charge in [-0.05, 0) is 12.8 Å². The second kappa shape index (κ2) is 4.63. The number of carboxylic acids is 1. The Morgan fingerprint density at radius 1 is 1.39 bits per heavy atom. The largest absolute Gasteiger partial charge is 0.480 e. The van der Waals surface area contributed by atoms with Gasteiger partial charge in [0.2, 0.25) is 0 Å². The fourth-order valence-electron chi connectivity index (χ4n) is 2.74. The molecule has 1 aromatic rings. The second-order valence-corrected chi connectivity index (χ2v) is 6.15. The van der Waals surface area contributed by atoms with Crippen molar-refractivity contribution in [3.8, 4) is 0 Å². The van der Waals surface area contributed by atoms with Crippen LogP contribution < -0.4 is 0 Å². The first-order valence-electron chi connectivity index (χ1n) is 6.49. The van der Waals surface area contributed by atoms with E-state index in [-0.39, 0.29) is 13.2 Å². The van der Waals surface area contributed by atoms with Crippen LogP contribution in [-0.4, -0.2) is 29.3 Å². The minimum absolute atomic E-state index is 0.264. The Labute approximate surface area is 110 Å². The van der Waals surface area contributed by atoms with Gasteiger partial charge in [0.1, 0.15) is 5.01 Å². The molecule has 0 unspecified atom stereocenters. The first-order valence-corrected chi connectivity index (χ1v) is 7.37. The zero-order valence-corrected chi connectivity index (χ0v) is 11.0. The number of ether oxygens (including phenoxy) is 1. The molecule has 0 aromatic carbocycles. The van der Waals surface area contributed by atoms with E-state index in [1.807, 2.05) is 5.38 Å². The van der Waals surface area contributed by atoms with Crippen LogP contribution in [0, 0.1) is 0 Å². The summed E-state index contributed by atoms with van der Waals surface area (Å²) in [6.45, 7) is 0.528. The number of aromatic nitrogens is 1. The summed E-state index contributed by atoms with van der Waals surface area (Å²) in [6, 6.07) is 0. The number of rotatable bonds is 3. The van der Waals surface area contributed by atoms with Crippen molar-refractivity contribution in [2.45, 2.75) is 43.4 Å². The van der Waals surface area contributed by atoms with E-state index in [0.29, 0.717) is 5.92 Å². The molecule has 1 N–H and O–H groups in total. The van der Waals surface area contributed by atoms with Crippen molar-refractivity contribution in [2.75, 3.05) is 13.2 Å². The minimum Gasteiger partial charge on any atom is -0.480 e. The van der Waals surface area contributed by atoms with Crippen molar-refractivity contribution in [1.82, 2.24) is 4.98 Å². The molecule has 0 spiro atoms. The SMILES string of the molecule is O=C(O)C1(c2nc(C3CCCCC3)cs2)COC1. The summed E-state index contributed by atoms with van der Waals surface area (Å²) in [4.78, 5) is 16.0. The molecule has 2 heterocycles. The number of hydrogen-bond acceptors (Lipinski definition) is 4. The molecule has 0 amide bonds. The van der Waals surface area contributed by atoms with E-state index in [4.69, 9.17) is 4.74 Å². The zero-order chi connectivity index (χ0) is 12.6. The molecule has 0 radical (unpaired) electrons. The maximum Gasteiger partial charge on any atom is 0.321 e. The summed E-state index contributed by atoms with van der Waals surface area (Å²) >= 11 is 1.48. The van der Waals surface area contributed by atoms with Gasteiger partial charge in [0, 0.05) is 11.3 Å². The lowest BCUT2D eigenvalue weighted by Gasteiger charge is -2.35. The first kappa shape index (κ1) is 12.1. The topological polar surface area (TPSA) is 59.4 Å². The van der Waals surface area contributed by atoms with E-state index in [2.05, 4.69) is 4.98 Å². The van der Waals surface area contributed by atoms with Crippen LogP contribution in [0.3, 0.4) is 0 Å². The highest BCUT2D eigenvalue weighted by molar-refractivity contribution is 7.10. The molecular weight excluding hydrogens is 250 g/mol. The van der Waals surface area contributed by atoms with Crippen LogP contribution in [0.2, 0.25) is 0 Å². The molecule has 98 valence electrons. The number of thiazole rings is 1. The van der Waals surface area contributed by atoms with Crippen molar-refractivity contribution in [1.29, 1.82) is 0 Å². The quantitative estimate of drug-likeness (QED) is 0.914. The Bertz CT molecular complexity index is 447. The molecular formula is C13H17NO3S. The fourth-order valence-corrected chi connectivity index (χ4v) is 3.80. The van der Waals surface area contributed by atoms with Gasteiger partial charge in [0.25, 0.3) is 0 Å². The van der Waals surface area contributed by atoms with Crippen LogP contribution in [-0.2, 0) is 14.9 Å². The van der Waals surface area contributed by atoms with Gasteiger partial charge in [0.15, 0.2) is 5.41 Å². The summed E-state index contributed by atoms with van der Waals surface area (Å²) in [5.74, 6) is -0.270. The molecule has 5 heteroatoms. The molecule has 1 aliphatic carbocycles. The fraction of sp³-hybridized carbons (Fsp3) is 0.692. The standard InChI is InChI=1S/C13H17NO3S/c15-12(16)13(7-17-8-13)11-14-10(6-18-11)9-4-2-1-3-5-9/h6,9H,1-5,7-8H2,(H,15,16). The van der Waals surface area contributed by atoms with E-state index in [9.17, 15) is 9.90 Å². The van der Waals surface area contributed by atoms with Gasteiger partial charge in [-0.2, -0.15) is 0 Å². The lowest BCUT2D eigenvalue weighted by atomic mass is 9.86. The van der Waals surface area contributed by atoms with Crippen LogP contribution in [0.15, 0.2) is 5.38 Å². The smallest absolute Gasteiger partial charge is 0.321 e. The number of aliphatic carboxylic acids is 1. The molecule has 1 saturated heterocycles. The molecule has 1 aromatic heterocycles. The second-order valence-electron chi connectivity index (χ2n) is 5.29. The van der Waals surface area contributed by atoms with E-state index in [1.165, 1.54) is 43.4 Å². The normalized spacial score (nSPS) is 23.6. The van der Waals surface area contributed by atoms with E-state index < -0.39 is 11.4 Å². The zero-order valence-electron chi connectivity index (χ0n) is 10.2. The van der Waals surface area contributed by atoms with Crippen LogP contribution in [0.4, 0.5) is 0 Å². The highest BCUT2D eigenvalue weighted by Gasteiger charge is 2.50. The molecule has 2 aliphatic rings. The predicted octanol–water partition coefficient (Wildman–Crippen LogP) is 2.54. The molecule has 0 bridgehead atoms. The highest BCUT2D eigenvalue weighted by Crippen LogP contribution is 2.38. The average molecular weight is 267 g/mol. The third-order valence-electron chi connectivity index (χ3n) is 4.06. The van der Waals surface area contributed by atoms with E-state index in [1.54, 1.807) is 0 Å². The molecule has 4 nitrogen and oxygen atoms in total.